The van der Waals surface area contributed by atoms with Crippen LogP contribution in [-0.2, 0) is 9.59 Å². The molecule has 0 aliphatic carbocycles. The van der Waals surface area contributed by atoms with Gasteiger partial charge < -0.3 is 45.6 Å². The van der Waals surface area contributed by atoms with Gasteiger partial charge in [-0.1, -0.05) is 6.07 Å². The molecule has 1 amide bonds. The number of rotatable bonds is 10. The summed E-state index contributed by atoms with van der Waals surface area (Å²) in [4.78, 5) is 40.6. The number of aliphatic carboxylic acids is 1. The molecule has 1 aliphatic rings. The molecule has 7 N–H and O–H groups in total. The number of amides is 1. The van der Waals surface area contributed by atoms with Gasteiger partial charge in [-0.25, -0.2) is 4.79 Å². The number of phenols is 1. The van der Waals surface area contributed by atoms with Crippen LogP contribution < -0.4 is 36.4 Å². The van der Waals surface area contributed by atoms with Crippen molar-refractivity contribution < 1.29 is 38.4 Å². The minimum absolute atomic E-state index is 0.0369. The summed E-state index contributed by atoms with van der Waals surface area (Å²) in [5.74, 6) is -1.33. The lowest BCUT2D eigenvalue weighted by Crippen LogP contribution is -2.43. The summed E-state index contributed by atoms with van der Waals surface area (Å²) < 4.78 is 22.1. The maximum atomic E-state index is 13.2. The van der Waals surface area contributed by atoms with Crippen LogP contribution in [0.5, 0.6) is 23.0 Å². The molecule has 0 spiro atoms. The number of hydrogen-bond acceptors (Lipinski definition) is 9. The van der Waals surface area contributed by atoms with Gasteiger partial charge in [0, 0.05) is 18.7 Å². The van der Waals surface area contributed by atoms with Crippen molar-refractivity contribution in [2.45, 2.75) is 18.9 Å². The van der Waals surface area contributed by atoms with Gasteiger partial charge in [-0.3, -0.25) is 14.6 Å². The number of benzene rings is 2. The molecule has 200 valence electrons. The van der Waals surface area contributed by atoms with E-state index in [2.05, 4.69) is 10.3 Å². The highest BCUT2D eigenvalue weighted by Gasteiger charge is 2.21. The second kappa shape index (κ2) is 11.4. The smallest absolute Gasteiger partial charge is 0.326 e. The number of carbonyl (C=O) groups is 2. The van der Waals surface area contributed by atoms with Gasteiger partial charge in [-0.05, 0) is 30.5 Å². The van der Waals surface area contributed by atoms with E-state index >= 15 is 0 Å². The number of ether oxygens (including phenoxy) is 3. The molecule has 13 nitrogen and oxygen atoms in total. The average Bonchev–Trinajstić information content (AvgIpc) is 2.88. The maximum Gasteiger partial charge on any atom is 0.326 e. The van der Waals surface area contributed by atoms with Crippen LogP contribution >= 0.6 is 0 Å². The van der Waals surface area contributed by atoms with Crippen LogP contribution in [0.15, 0.2) is 50.8 Å². The third-order valence-corrected chi connectivity index (χ3v) is 5.63. The third-order valence-electron chi connectivity index (χ3n) is 5.63. The first kappa shape index (κ1) is 26.1. The number of nitrogens with one attached hydrogen (secondary N) is 1. The fraction of sp³-hybridized carbons (Fsp3) is 0.280. The highest BCUT2D eigenvalue weighted by Crippen LogP contribution is 2.35. The Kier molecular flexibility index (Phi) is 7.85. The Balaban J connectivity index is 1.45. The van der Waals surface area contributed by atoms with E-state index < -0.39 is 35.7 Å². The summed E-state index contributed by atoms with van der Waals surface area (Å²) in [6, 6.07) is 6.39. The van der Waals surface area contributed by atoms with Gasteiger partial charge in [0.1, 0.15) is 48.0 Å². The molecule has 1 unspecified atom stereocenters. The molecule has 0 saturated carbocycles. The van der Waals surface area contributed by atoms with Crippen LogP contribution in [0.25, 0.3) is 22.1 Å². The molecular weight excluding hydrogens is 500 g/mol. The second-order valence-electron chi connectivity index (χ2n) is 8.35. The summed E-state index contributed by atoms with van der Waals surface area (Å²) in [5.41, 5.74) is 10.7. The molecule has 0 fully saturated rings. The molecule has 0 saturated heterocycles. The molecule has 0 bridgehead atoms. The van der Waals surface area contributed by atoms with Crippen molar-refractivity contribution in [3.8, 4) is 34.1 Å². The molecule has 2 heterocycles. The van der Waals surface area contributed by atoms with Crippen LogP contribution in [0.1, 0.15) is 12.8 Å². The van der Waals surface area contributed by atoms with Crippen molar-refractivity contribution in [1.82, 2.24) is 5.32 Å². The Labute approximate surface area is 215 Å². The quantitative estimate of drug-likeness (QED) is 0.143. The molecule has 13 heteroatoms. The van der Waals surface area contributed by atoms with E-state index in [9.17, 15) is 24.6 Å². The Morgan fingerprint density at radius 3 is 2.63 bits per heavy atom. The van der Waals surface area contributed by atoms with Crippen molar-refractivity contribution in [3.63, 3.8) is 0 Å². The minimum Gasteiger partial charge on any atom is -0.507 e. The van der Waals surface area contributed by atoms with Gasteiger partial charge >= 0.3 is 5.97 Å². The molecule has 2 aromatic carbocycles. The number of nitrogens with zero attached hydrogens (tertiary/aromatic N) is 1. The number of aromatic hydroxyl groups is 1. The highest BCUT2D eigenvalue weighted by atomic mass is 16.6. The number of fused-ring (bicyclic) bond motifs is 2. The van der Waals surface area contributed by atoms with Gasteiger partial charge in [0.15, 0.2) is 24.1 Å². The van der Waals surface area contributed by atoms with Gasteiger partial charge in [0.2, 0.25) is 5.43 Å². The number of aliphatic imine (C=N–C) groups is 1. The first-order chi connectivity index (χ1) is 18.2. The van der Waals surface area contributed by atoms with Crippen molar-refractivity contribution in [2.75, 3.05) is 26.4 Å². The van der Waals surface area contributed by atoms with E-state index in [4.69, 9.17) is 30.1 Å². The number of carboxylic acids is 1. The van der Waals surface area contributed by atoms with Crippen LogP contribution in [0, 0.1) is 0 Å². The fourth-order valence-corrected chi connectivity index (χ4v) is 3.85. The molecule has 3 aromatic rings. The van der Waals surface area contributed by atoms with E-state index in [1.165, 1.54) is 18.4 Å². The lowest BCUT2D eigenvalue weighted by molar-refractivity contribution is -0.142. The van der Waals surface area contributed by atoms with E-state index in [1.807, 2.05) is 0 Å². The van der Waals surface area contributed by atoms with Gasteiger partial charge in [0.25, 0.3) is 5.91 Å². The molecule has 38 heavy (non-hydrogen) atoms. The van der Waals surface area contributed by atoms with Crippen LogP contribution in [0.2, 0.25) is 0 Å². The topological polar surface area (TPSA) is 209 Å². The number of hydrogen-bond donors (Lipinski definition) is 5. The highest BCUT2D eigenvalue weighted by molar-refractivity contribution is 5.88. The van der Waals surface area contributed by atoms with Crippen molar-refractivity contribution in [2.24, 2.45) is 16.5 Å². The molecular formula is C25H26N4O9. The van der Waals surface area contributed by atoms with Crippen molar-refractivity contribution in [1.29, 1.82) is 0 Å². The summed E-state index contributed by atoms with van der Waals surface area (Å²) in [6.07, 6.45) is 1.69. The number of carboxylic acid groups (broad SMARTS) is 1. The van der Waals surface area contributed by atoms with Crippen LogP contribution in [-0.4, -0.2) is 60.5 Å². The predicted molar refractivity (Wildman–Crippen MR) is 136 cm³/mol. The first-order valence-corrected chi connectivity index (χ1v) is 11.6. The van der Waals surface area contributed by atoms with Crippen LogP contribution in [0.4, 0.5) is 0 Å². The normalized spacial score (nSPS) is 12.9. The third kappa shape index (κ3) is 6.06. The standard InChI is InChI=1S/C25H26N4O9/c26-25(27)28-5-1-2-16(24(33)34)29-21(31)12-37-14-9-17(30)22-20(10-14)38-11-15(23(22)32)13-3-4-18-19(8-13)36-7-6-35-18/h3-4,8-11,16,30H,1-2,5-7,12H2,(H,29,31)(H,33,34)(H4,26,27,28). The summed E-state index contributed by atoms with van der Waals surface area (Å²) in [5, 5.41) is 22.2. The van der Waals surface area contributed by atoms with Gasteiger partial charge in [-0.2, -0.15) is 0 Å². The Bertz CT molecular complexity index is 1450. The second-order valence-corrected chi connectivity index (χ2v) is 8.35. The lowest BCUT2D eigenvalue weighted by atomic mass is 10.0. The van der Waals surface area contributed by atoms with Crippen molar-refractivity contribution in [3.05, 3.63) is 46.8 Å². The molecule has 4 rings (SSSR count). The monoisotopic (exact) mass is 526 g/mol. The SMILES string of the molecule is NC(N)=NCCCC(NC(=O)COc1cc(O)c2c(=O)c(-c3ccc4c(c3)OCCO4)coc2c1)C(=O)O. The predicted octanol–water partition coefficient (Wildman–Crippen LogP) is 0.939. The Morgan fingerprint density at radius 2 is 1.89 bits per heavy atom. The fourth-order valence-electron chi connectivity index (χ4n) is 3.85. The van der Waals surface area contributed by atoms with Crippen LogP contribution in [0.3, 0.4) is 0 Å². The molecule has 0 radical (unpaired) electrons. The first-order valence-electron chi connectivity index (χ1n) is 11.6. The maximum absolute atomic E-state index is 13.2. The summed E-state index contributed by atoms with van der Waals surface area (Å²) in [7, 11) is 0. The molecule has 1 aliphatic heterocycles. The molecule has 1 aromatic heterocycles. The Morgan fingerprint density at radius 1 is 1.13 bits per heavy atom. The number of nitrogens with two attached hydrogens (primary N) is 2. The largest absolute Gasteiger partial charge is 0.507 e. The summed E-state index contributed by atoms with van der Waals surface area (Å²) >= 11 is 0. The summed E-state index contributed by atoms with van der Waals surface area (Å²) in [6.45, 7) is 0.505. The lowest BCUT2D eigenvalue weighted by Gasteiger charge is -2.18. The van der Waals surface area contributed by atoms with E-state index in [0.717, 1.165) is 0 Å². The number of phenolic OH excluding ortho intramolecular Hbond substituents is 1. The Hall–Kier alpha value is -4.94. The number of guanidine groups is 1. The van der Waals surface area contributed by atoms with Crippen molar-refractivity contribution >= 4 is 28.8 Å². The number of carbonyl (C=O) groups excluding carboxylic acids is 1. The average molecular weight is 527 g/mol. The van der Waals surface area contributed by atoms with E-state index in [-0.39, 0.29) is 41.2 Å². The minimum atomic E-state index is -1.22. The zero-order valence-corrected chi connectivity index (χ0v) is 20.1. The van der Waals surface area contributed by atoms with E-state index in [0.29, 0.717) is 36.7 Å². The zero-order chi connectivity index (χ0) is 27.2. The van der Waals surface area contributed by atoms with E-state index in [1.54, 1.807) is 18.2 Å². The zero-order valence-electron chi connectivity index (χ0n) is 20.1. The molecule has 1 atom stereocenters. The van der Waals surface area contributed by atoms with Gasteiger partial charge in [-0.15, -0.1) is 0 Å². The van der Waals surface area contributed by atoms with Gasteiger partial charge in [0.05, 0.1) is 5.56 Å².